The van der Waals surface area contributed by atoms with Gasteiger partial charge in [-0.3, -0.25) is 4.98 Å². The average molecular weight is 236 g/mol. The minimum atomic E-state index is -0.880. The van der Waals surface area contributed by atoms with E-state index in [-0.39, 0.29) is 5.82 Å². The average Bonchev–Trinajstić information content (AvgIpc) is 2.29. The Bertz CT molecular complexity index is 394. The molecule has 0 radical (unpaired) electrons. The summed E-state index contributed by atoms with van der Waals surface area (Å²) in [7, 11) is 0. The maximum atomic E-state index is 12.9. The van der Waals surface area contributed by atoms with Crippen LogP contribution in [0.25, 0.3) is 0 Å². The van der Waals surface area contributed by atoms with Gasteiger partial charge in [-0.1, -0.05) is 6.42 Å². The van der Waals surface area contributed by atoms with Crippen molar-refractivity contribution in [2.24, 2.45) is 0 Å². The normalized spacial score (nSPS) is 36.8. The number of pyridine rings is 1. The molecule has 3 heterocycles. The predicted molar refractivity (Wildman–Crippen MR) is 61.9 cm³/mol. The number of nitrogens with one attached hydrogen (secondary N) is 1. The molecule has 92 valence electrons. The summed E-state index contributed by atoms with van der Waals surface area (Å²) in [5.41, 5.74) is -0.272. The Kier molecular flexibility index (Phi) is 2.64. The zero-order valence-corrected chi connectivity index (χ0v) is 9.69. The van der Waals surface area contributed by atoms with Crippen LogP contribution < -0.4 is 5.32 Å². The minimum absolute atomic E-state index is 0.355. The van der Waals surface area contributed by atoms with Gasteiger partial charge in [-0.2, -0.15) is 0 Å². The van der Waals surface area contributed by atoms with E-state index in [1.165, 1.54) is 18.7 Å². The van der Waals surface area contributed by atoms with E-state index in [1.54, 1.807) is 6.07 Å². The SMILES string of the molecule is OC1(c2ccc(F)cn2)CC2CCCC(C1)N2. The van der Waals surface area contributed by atoms with Crippen LogP contribution >= 0.6 is 0 Å². The van der Waals surface area contributed by atoms with Crippen molar-refractivity contribution >= 4 is 0 Å². The highest BCUT2D eigenvalue weighted by molar-refractivity contribution is 5.17. The largest absolute Gasteiger partial charge is 0.383 e. The summed E-state index contributed by atoms with van der Waals surface area (Å²) in [6, 6.07) is 3.73. The summed E-state index contributed by atoms with van der Waals surface area (Å²) in [5.74, 6) is -0.355. The summed E-state index contributed by atoms with van der Waals surface area (Å²) < 4.78 is 12.9. The van der Waals surface area contributed by atoms with Crippen molar-refractivity contribution in [3.05, 3.63) is 29.8 Å². The lowest BCUT2D eigenvalue weighted by Crippen LogP contribution is -2.54. The van der Waals surface area contributed by atoms with E-state index < -0.39 is 5.60 Å². The molecule has 0 aromatic carbocycles. The summed E-state index contributed by atoms with van der Waals surface area (Å²) in [5, 5.41) is 14.2. The first-order chi connectivity index (χ1) is 8.16. The van der Waals surface area contributed by atoms with Crippen molar-refractivity contribution in [1.29, 1.82) is 0 Å². The van der Waals surface area contributed by atoms with Crippen molar-refractivity contribution in [2.45, 2.75) is 49.8 Å². The summed E-state index contributed by atoms with van der Waals surface area (Å²) in [6.45, 7) is 0. The number of piperidine rings is 2. The number of halogens is 1. The van der Waals surface area contributed by atoms with E-state index >= 15 is 0 Å². The molecule has 4 heteroatoms. The summed E-state index contributed by atoms with van der Waals surface area (Å²) in [6.07, 6.45) is 6.00. The highest BCUT2D eigenvalue weighted by atomic mass is 19.1. The molecule has 2 N–H and O–H groups in total. The molecule has 2 unspecified atom stereocenters. The molecular weight excluding hydrogens is 219 g/mol. The van der Waals surface area contributed by atoms with Gasteiger partial charge < -0.3 is 10.4 Å². The lowest BCUT2D eigenvalue weighted by Gasteiger charge is -2.44. The monoisotopic (exact) mass is 236 g/mol. The minimum Gasteiger partial charge on any atom is -0.383 e. The van der Waals surface area contributed by atoms with Crippen LogP contribution in [0.4, 0.5) is 4.39 Å². The van der Waals surface area contributed by atoms with Gasteiger partial charge >= 0.3 is 0 Å². The highest BCUT2D eigenvalue weighted by Crippen LogP contribution is 2.38. The molecule has 3 nitrogen and oxygen atoms in total. The van der Waals surface area contributed by atoms with E-state index in [0.717, 1.165) is 12.8 Å². The molecule has 2 aliphatic rings. The molecule has 1 aromatic rings. The standard InChI is InChI=1S/C13H17FN2O/c14-9-4-5-12(15-8-9)13(17)6-10-2-1-3-11(7-13)16-10/h4-5,8,10-11,16-17H,1-3,6-7H2. The molecule has 2 fully saturated rings. The van der Waals surface area contributed by atoms with E-state index in [1.807, 2.05) is 0 Å². The van der Waals surface area contributed by atoms with Crippen LogP contribution in [0.5, 0.6) is 0 Å². The van der Waals surface area contributed by atoms with Crippen molar-refractivity contribution in [1.82, 2.24) is 10.3 Å². The first-order valence-electron chi connectivity index (χ1n) is 6.26. The zero-order chi connectivity index (χ0) is 11.9. The van der Waals surface area contributed by atoms with E-state index in [0.29, 0.717) is 30.6 Å². The van der Waals surface area contributed by atoms with Crippen LogP contribution in [0.3, 0.4) is 0 Å². The number of nitrogens with zero attached hydrogens (tertiary/aromatic N) is 1. The maximum absolute atomic E-state index is 12.9. The van der Waals surface area contributed by atoms with Gasteiger partial charge in [0, 0.05) is 12.1 Å². The lowest BCUT2D eigenvalue weighted by molar-refractivity contribution is -0.0393. The molecule has 1 aromatic heterocycles. The van der Waals surface area contributed by atoms with Crippen LogP contribution in [-0.4, -0.2) is 22.2 Å². The molecule has 2 atom stereocenters. The molecule has 17 heavy (non-hydrogen) atoms. The first kappa shape index (κ1) is 11.1. The van der Waals surface area contributed by atoms with E-state index in [2.05, 4.69) is 10.3 Å². The van der Waals surface area contributed by atoms with E-state index in [4.69, 9.17) is 0 Å². The van der Waals surface area contributed by atoms with Crippen molar-refractivity contribution in [2.75, 3.05) is 0 Å². The Balaban J connectivity index is 1.87. The third-order valence-corrected chi connectivity index (χ3v) is 3.95. The van der Waals surface area contributed by atoms with Crippen molar-refractivity contribution < 1.29 is 9.50 Å². The van der Waals surface area contributed by atoms with Gasteiger partial charge in [0.15, 0.2) is 0 Å². The molecule has 0 amide bonds. The third-order valence-electron chi connectivity index (χ3n) is 3.95. The van der Waals surface area contributed by atoms with Crippen LogP contribution in [-0.2, 0) is 5.60 Å². The predicted octanol–water partition coefficient (Wildman–Crippen LogP) is 1.71. The molecule has 2 aliphatic heterocycles. The fourth-order valence-electron chi connectivity index (χ4n) is 3.19. The van der Waals surface area contributed by atoms with E-state index in [9.17, 15) is 9.50 Å². The fraction of sp³-hybridized carbons (Fsp3) is 0.615. The van der Waals surface area contributed by atoms with Gasteiger partial charge in [-0.15, -0.1) is 0 Å². The summed E-state index contributed by atoms with van der Waals surface area (Å²) >= 11 is 0. The number of rotatable bonds is 1. The number of hydrogen-bond acceptors (Lipinski definition) is 3. The Labute approximate surface area is 100 Å². The molecule has 0 aliphatic carbocycles. The number of hydrogen-bond donors (Lipinski definition) is 2. The Morgan fingerprint density at radius 3 is 2.59 bits per heavy atom. The Morgan fingerprint density at radius 1 is 1.29 bits per heavy atom. The van der Waals surface area contributed by atoms with Crippen LogP contribution in [0.15, 0.2) is 18.3 Å². The van der Waals surface area contributed by atoms with Gasteiger partial charge in [0.1, 0.15) is 11.4 Å². The third kappa shape index (κ3) is 2.07. The molecule has 0 spiro atoms. The molecule has 2 saturated heterocycles. The van der Waals surface area contributed by atoms with Crippen LogP contribution in [0.1, 0.15) is 37.8 Å². The maximum Gasteiger partial charge on any atom is 0.141 e. The van der Waals surface area contributed by atoms with Crippen molar-refractivity contribution in [3.8, 4) is 0 Å². The lowest BCUT2D eigenvalue weighted by atomic mass is 9.75. The number of aliphatic hydroxyl groups is 1. The second-order valence-electron chi connectivity index (χ2n) is 5.29. The number of fused-ring (bicyclic) bond motifs is 2. The van der Waals surface area contributed by atoms with Gasteiger partial charge in [-0.25, -0.2) is 4.39 Å². The second-order valence-corrected chi connectivity index (χ2v) is 5.29. The molecule has 0 saturated carbocycles. The summed E-state index contributed by atoms with van der Waals surface area (Å²) in [4.78, 5) is 4.05. The quantitative estimate of drug-likeness (QED) is 0.780. The van der Waals surface area contributed by atoms with Gasteiger partial charge in [-0.05, 0) is 37.8 Å². The Morgan fingerprint density at radius 2 is 2.00 bits per heavy atom. The highest BCUT2D eigenvalue weighted by Gasteiger charge is 2.42. The number of aromatic nitrogens is 1. The smallest absolute Gasteiger partial charge is 0.141 e. The fourth-order valence-corrected chi connectivity index (χ4v) is 3.19. The molecule has 2 bridgehead atoms. The first-order valence-corrected chi connectivity index (χ1v) is 6.26. The zero-order valence-electron chi connectivity index (χ0n) is 9.69. The van der Waals surface area contributed by atoms with Gasteiger partial charge in [0.2, 0.25) is 0 Å². The van der Waals surface area contributed by atoms with Crippen molar-refractivity contribution in [3.63, 3.8) is 0 Å². The Hall–Kier alpha value is -1.00. The van der Waals surface area contributed by atoms with Gasteiger partial charge in [0.25, 0.3) is 0 Å². The second kappa shape index (κ2) is 4.03. The van der Waals surface area contributed by atoms with Crippen LogP contribution in [0, 0.1) is 5.82 Å². The molecule has 3 rings (SSSR count). The topological polar surface area (TPSA) is 45.2 Å². The van der Waals surface area contributed by atoms with Crippen LogP contribution in [0.2, 0.25) is 0 Å². The molecular formula is C13H17FN2O. The van der Waals surface area contributed by atoms with Gasteiger partial charge in [0.05, 0.1) is 11.9 Å².